The van der Waals surface area contributed by atoms with Crippen molar-refractivity contribution < 1.29 is 9.57 Å². The molecule has 90 valence electrons. The van der Waals surface area contributed by atoms with Crippen molar-refractivity contribution in [2.45, 2.75) is 12.5 Å². The van der Waals surface area contributed by atoms with Crippen molar-refractivity contribution in [2.24, 2.45) is 11.1 Å². The van der Waals surface area contributed by atoms with Crippen LogP contribution >= 0.6 is 0 Å². The standard InChI is InChI=1S/C13H16N2O2/c1-14-6-7-16-15-13-9-4-2-3-5-11(9)17-12-8-10(12)13/h2-5,10,12,14H,6-8H2,1H3. The molecule has 1 aromatic rings. The molecule has 1 aliphatic heterocycles. The molecule has 0 saturated heterocycles. The summed E-state index contributed by atoms with van der Waals surface area (Å²) in [7, 11) is 1.90. The van der Waals surface area contributed by atoms with Gasteiger partial charge in [-0.2, -0.15) is 0 Å². The summed E-state index contributed by atoms with van der Waals surface area (Å²) in [6.07, 6.45) is 1.37. The molecule has 1 saturated carbocycles. The number of hydrogen-bond donors (Lipinski definition) is 1. The fraction of sp³-hybridized carbons (Fsp3) is 0.462. The highest BCUT2D eigenvalue weighted by Gasteiger charge is 2.48. The third kappa shape index (κ3) is 2.00. The first kappa shape index (κ1) is 10.6. The quantitative estimate of drug-likeness (QED) is 0.630. The fourth-order valence-corrected chi connectivity index (χ4v) is 2.11. The van der Waals surface area contributed by atoms with Gasteiger partial charge < -0.3 is 14.9 Å². The number of ether oxygens (including phenoxy) is 1. The van der Waals surface area contributed by atoms with Crippen LogP contribution in [0, 0.1) is 5.92 Å². The minimum Gasteiger partial charge on any atom is -0.489 e. The van der Waals surface area contributed by atoms with E-state index in [1.165, 1.54) is 0 Å². The SMILES string of the molecule is CNCCON=C1c2ccccc2OC2CC12. The second-order valence-corrected chi connectivity index (χ2v) is 4.41. The van der Waals surface area contributed by atoms with E-state index < -0.39 is 0 Å². The summed E-state index contributed by atoms with van der Waals surface area (Å²) in [5.74, 6) is 1.36. The van der Waals surface area contributed by atoms with Crippen LogP contribution in [0.25, 0.3) is 0 Å². The lowest BCUT2D eigenvalue weighted by Crippen LogP contribution is -2.19. The molecule has 17 heavy (non-hydrogen) atoms. The zero-order valence-corrected chi connectivity index (χ0v) is 9.85. The molecule has 1 N–H and O–H groups in total. The van der Waals surface area contributed by atoms with Gasteiger partial charge in [0.25, 0.3) is 0 Å². The van der Waals surface area contributed by atoms with Gasteiger partial charge in [-0.3, -0.25) is 0 Å². The maximum absolute atomic E-state index is 5.81. The first-order chi connectivity index (χ1) is 8.40. The van der Waals surface area contributed by atoms with Gasteiger partial charge in [-0.1, -0.05) is 17.3 Å². The molecule has 2 unspecified atom stereocenters. The zero-order valence-electron chi connectivity index (χ0n) is 9.85. The van der Waals surface area contributed by atoms with Crippen LogP contribution in [0.15, 0.2) is 29.4 Å². The van der Waals surface area contributed by atoms with Crippen molar-refractivity contribution in [3.05, 3.63) is 29.8 Å². The number of hydrogen-bond acceptors (Lipinski definition) is 4. The summed E-state index contributed by atoms with van der Waals surface area (Å²) in [6, 6.07) is 8.03. The molecular weight excluding hydrogens is 216 g/mol. The summed E-state index contributed by atoms with van der Waals surface area (Å²) in [5, 5.41) is 7.31. The number of rotatable bonds is 4. The van der Waals surface area contributed by atoms with Crippen molar-refractivity contribution >= 4 is 5.71 Å². The van der Waals surface area contributed by atoms with Crippen molar-refractivity contribution in [3.8, 4) is 5.75 Å². The minimum atomic E-state index is 0.316. The number of para-hydroxylation sites is 1. The molecule has 4 nitrogen and oxygen atoms in total. The third-order valence-corrected chi connectivity index (χ3v) is 3.13. The van der Waals surface area contributed by atoms with Crippen LogP contribution in [0.4, 0.5) is 0 Å². The molecular formula is C13H16N2O2. The molecule has 2 atom stereocenters. The highest BCUT2D eigenvalue weighted by atomic mass is 16.6. The largest absolute Gasteiger partial charge is 0.489 e. The molecule has 0 aromatic heterocycles. The molecule has 4 heteroatoms. The van der Waals surface area contributed by atoms with E-state index in [4.69, 9.17) is 9.57 Å². The van der Waals surface area contributed by atoms with Crippen LogP contribution in [0.2, 0.25) is 0 Å². The van der Waals surface area contributed by atoms with Gasteiger partial charge in [0, 0.05) is 18.0 Å². The lowest BCUT2D eigenvalue weighted by molar-refractivity contribution is 0.146. The molecule has 0 radical (unpaired) electrons. The van der Waals surface area contributed by atoms with Gasteiger partial charge in [-0.05, 0) is 25.6 Å². The Hall–Kier alpha value is -1.55. The van der Waals surface area contributed by atoms with Gasteiger partial charge in [0.05, 0.1) is 5.71 Å². The van der Waals surface area contributed by atoms with E-state index in [1.54, 1.807) is 0 Å². The summed E-state index contributed by atoms with van der Waals surface area (Å²) >= 11 is 0. The smallest absolute Gasteiger partial charge is 0.129 e. The molecule has 1 aliphatic carbocycles. The van der Waals surface area contributed by atoms with Crippen molar-refractivity contribution in [1.82, 2.24) is 5.32 Å². The first-order valence-corrected chi connectivity index (χ1v) is 6.00. The van der Waals surface area contributed by atoms with E-state index in [-0.39, 0.29) is 0 Å². The summed E-state index contributed by atoms with van der Waals surface area (Å²) in [5.41, 5.74) is 2.13. The lowest BCUT2D eigenvalue weighted by atomic mass is 10.0. The molecule has 1 fully saturated rings. The van der Waals surface area contributed by atoms with Crippen molar-refractivity contribution in [2.75, 3.05) is 20.2 Å². The molecule has 2 aliphatic rings. The van der Waals surface area contributed by atoms with Crippen LogP contribution < -0.4 is 10.1 Å². The van der Waals surface area contributed by atoms with Crippen LogP contribution in [-0.4, -0.2) is 32.0 Å². The van der Waals surface area contributed by atoms with Crippen LogP contribution in [0.3, 0.4) is 0 Å². The van der Waals surface area contributed by atoms with E-state index in [0.29, 0.717) is 18.6 Å². The minimum absolute atomic E-state index is 0.316. The summed E-state index contributed by atoms with van der Waals surface area (Å²) in [4.78, 5) is 5.34. The molecule has 0 amide bonds. The van der Waals surface area contributed by atoms with Crippen molar-refractivity contribution in [1.29, 1.82) is 0 Å². The zero-order chi connectivity index (χ0) is 11.7. The maximum Gasteiger partial charge on any atom is 0.129 e. The Morgan fingerprint density at radius 3 is 3.24 bits per heavy atom. The Bertz CT molecular complexity index is 445. The number of nitrogens with zero attached hydrogens (tertiary/aromatic N) is 1. The van der Waals surface area contributed by atoms with E-state index in [2.05, 4.69) is 10.5 Å². The Kier molecular flexibility index (Phi) is 2.73. The van der Waals surface area contributed by atoms with Crippen LogP contribution in [0.5, 0.6) is 5.75 Å². The highest BCUT2D eigenvalue weighted by molar-refractivity contribution is 6.07. The molecule has 1 aromatic carbocycles. The Balaban J connectivity index is 1.80. The summed E-state index contributed by atoms with van der Waals surface area (Å²) in [6.45, 7) is 1.41. The average Bonchev–Trinajstić information content (AvgIpc) is 3.12. The van der Waals surface area contributed by atoms with Crippen LogP contribution in [0.1, 0.15) is 12.0 Å². The number of likely N-dealkylation sites (N-methyl/N-ethyl adjacent to an activating group) is 1. The summed E-state index contributed by atoms with van der Waals surface area (Å²) < 4.78 is 5.81. The molecule has 0 bridgehead atoms. The average molecular weight is 232 g/mol. The van der Waals surface area contributed by atoms with E-state index >= 15 is 0 Å². The number of oxime groups is 1. The first-order valence-electron chi connectivity index (χ1n) is 6.00. The maximum atomic E-state index is 5.81. The Labute approximate surface area is 101 Å². The van der Waals surface area contributed by atoms with Gasteiger partial charge in [0.15, 0.2) is 0 Å². The van der Waals surface area contributed by atoms with Gasteiger partial charge in [-0.15, -0.1) is 0 Å². The fourth-order valence-electron chi connectivity index (χ4n) is 2.11. The van der Waals surface area contributed by atoms with Gasteiger partial charge in [-0.25, -0.2) is 0 Å². The number of fused-ring (bicyclic) bond motifs is 2. The topological polar surface area (TPSA) is 42.8 Å². The second-order valence-electron chi connectivity index (χ2n) is 4.41. The normalized spacial score (nSPS) is 27.0. The van der Waals surface area contributed by atoms with Gasteiger partial charge in [0.2, 0.25) is 0 Å². The predicted molar refractivity (Wildman–Crippen MR) is 65.4 cm³/mol. The van der Waals surface area contributed by atoms with E-state index in [1.807, 2.05) is 31.3 Å². The van der Waals surface area contributed by atoms with E-state index in [0.717, 1.165) is 30.0 Å². The Morgan fingerprint density at radius 1 is 1.47 bits per heavy atom. The Morgan fingerprint density at radius 2 is 2.35 bits per heavy atom. The molecule has 0 spiro atoms. The number of nitrogens with one attached hydrogen (secondary N) is 1. The number of benzene rings is 1. The van der Waals surface area contributed by atoms with Gasteiger partial charge in [0.1, 0.15) is 18.5 Å². The predicted octanol–water partition coefficient (Wildman–Crippen LogP) is 1.41. The second kappa shape index (κ2) is 4.37. The molecule has 1 heterocycles. The monoisotopic (exact) mass is 232 g/mol. The van der Waals surface area contributed by atoms with Crippen molar-refractivity contribution in [3.63, 3.8) is 0 Å². The highest BCUT2D eigenvalue weighted by Crippen LogP contribution is 2.44. The third-order valence-electron chi connectivity index (χ3n) is 3.13. The van der Waals surface area contributed by atoms with Crippen LogP contribution in [-0.2, 0) is 4.84 Å². The van der Waals surface area contributed by atoms with E-state index in [9.17, 15) is 0 Å². The molecule has 3 rings (SSSR count). The van der Waals surface area contributed by atoms with Gasteiger partial charge >= 0.3 is 0 Å². The lowest BCUT2D eigenvalue weighted by Gasteiger charge is -2.17.